The quantitative estimate of drug-likeness (QED) is 0.311. The van der Waals surface area contributed by atoms with Gasteiger partial charge in [-0.1, -0.05) is 0 Å². The van der Waals surface area contributed by atoms with Crippen molar-refractivity contribution < 1.29 is 17.5 Å². The van der Waals surface area contributed by atoms with Crippen LogP contribution in [0.3, 0.4) is 0 Å². The molecule has 0 fully saturated rings. The van der Waals surface area contributed by atoms with Gasteiger partial charge in [-0.25, -0.2) is 0 Å². The fourth-order valence-corrected chi connectivity index (χ4v) is 0. The van der Waals surface area contributed by atoms with Crippen LogP contribution in [0.4, 0.5) is 0 Å². The van der Waals surface area contributed by atoms with Crippen LogP contribution < -0.4 is 0 Å². The van der Waals surface area contributed by atoms with E-state index in [1.807, 2.05) is 0 Å². The average molecular weight is 194 g/mol. The summed E-state index contributed by atoms with van der Waals surface area (Å²) >= 11 is 0. The van der Waals surface area contributed by atoms with Crippen molar-refractivity contribution in [3.8, 4) is 0 Å². The summed E-state index contributed by atoms with van der Waals surface area (Å²) in [4.78, 5) is 0. The molecule has 0 aromatic heterocycles. The molecule has 0 aliphatic heterocycles. The maximum absolute atomic E-state index is 8.74. The van der Waals surface area contributed by atoms with Gasteiger partial charge >= 0.3 is 77.7 Å². The number of hydrogen-bond donors (Lipinski definition) is 2. The molecule has 0 heterocycles. The summed E-state index contributed by atoms with van der Waals surface area (Å²) in [6, 6.07) is 0. The Hall–Kier alpha value is 2.66. The van der Waals surface area contributed by atoms with E-state index in [1.165, 1.54) is 0 Å². The molecule has 0 rings (SSSR count). The second-order valence-corrected chi connectivity index (χ2v) is 1.34. The van der Waals surface area contributed by atoms with Crippen molar-refractivity contribution in [2.75, 3.05) is 0 Å². The fraction of sp³-hybridized carbons (Fsp3) is 0. The molecule has 0 spiro atoms. The Balaban J connectivity index is -0.0000000267. The molecule has 0 aromatic rings. The molecule has 0 aliphatic rings. The summed E-state index contributed by atoms with van der Waals surface area (Å²) < 4.78 is 31.6. The second kappa shape index (κ2) is 9.66. The van der Waals surface area contributed by atoms with Gasteiger partial charge in [0.25, 0.3) is 0 Å². The Bertz CT molecular complexity index is 99.2. The van der Waals surface area contributed by atoms with Crippen molar-refractivity contribution in [3.05, 3.63) is 0 Å². The van der Waals surface area contributed by atoms with Crippen LogP contribution in [-0.2, 0) is 10.4 Å². The third-order valence-corrected chi connectivity index (χ3v) is 0. The zero-order chi connectivity index (χ0) is 4.50. The predicted molar refractivity (Wildman–Crippen MR) is 39.8 cm³/mol. The van der Waals surface area contributed by atoms with Crippen molar-refractivity contribution in [2.24, 2.45) is 0 Å². The van der Waals surface area contributed by atoms with Crippen LogP contribution in [0.1, 0.15) is 0 Å². The van der Waals surface area contributed by atoms with Gasteiger partial charge in [-0.05, 0) is 0 Å². The van der Waals surface area contributed by atoms with Crippen molar-refractivity contribution in [3.63, 3.8) is 0 Å². The van der Waals surface area contributed by atoms with Gasteiger partial charge in [0.15, 0.2) is 17.4 Å². The molecule has 0 saturated heterocycles. The van der Waals surface area contributed by atoms with Gasteiger partial charge < -0.3 is 0 Å². The molecule has 0 bridgehead atoms. The summed E-state index contributed by atoms with van der Waals surface area (Å²) in [5, 5.41) is 0. The molecule has 0 amide bonds. The Morgan fingerprint density at radius 3 is 1.12 bits per heavy atom. The molecule has 0 aromatic carbocycles. The summed E-state index contributed by atoms with van der Waals surface area (Å²) in [7, 11) is -4.67. The maximum atomic E-state index is 8.74. The molecule has 2 N–H and O–H groups in total. The van der Waals surface area contributed by atoms with Crippen molar-refractivity contribution in [2.45, 2.75) is 0 Å². The van der Waals surface area contributed by atoms with E-state index >= 15 is 0 Å². The van der Waals surface area contributed by atoms with E-state index in [-0.39, 0.29) is 84.7 Å². The minimum absolute atomic E-state index is 0. The summed E-state index contributed by atoms with van der Waals surface area (Å²) in [5.41, 5.74) is 0. The molecule has 4 nitrogen and oxygen atoms in total. The van der Waals surface area contributed by atoms with Gasteiger partial charge in [-0.3, -0.25) is 9.11 Å². The summed E-state index contributed by atoms with van der Waals surface area (Å²) in [5.74, 6) is 0. The fourth-order valence-electron chi connectivity index (χ4n) is 0. The van der Waals surface area contributed by atoms with E-state index in [9.17, 15) is 0 Å². The van der Waals surface area contributed by atoms with E-state index in [1.54, 1.807) is 0 Å². The normalized spacial score (nSPS) is 7.25. The molecule has 0 aliphatic carbocycles. The first-order valence-corrected chi connectivity index (χ1v) is 2.10. The zero-order valence-electron chi connectivity index (χ0n) is 2.12. The second-order valence-electron chi connectivity index (χ2n) is 0.448. The molecule has 0 saturated carbocycles. The van der Waals surface area contributed by atoms with Crippen LogP contribution >= 0.6 is 0 Å². The first-order chi connectivity index (χ1) is 2.00. The third-order valence-electron chi connectivity index (χ3n) is 0. The van der Waals surface area contributed by atoms with E-state index in [4.69, 9.17) is 17.5 Å². The summed E-state index contributed by atoms with van der Waals surface area (Å²) in [6.45, 7) is 0. The van der Waals surface area contributed by atoms with Gasteiger partial charge in [-0.15, -0.1) is 0 Å². The molecule has 0 radical (unpaired) electrons. The molecule has 0 atom stereocenters. The Morgan fingerprint density at radius 2 is 1.12 bits per heavy atom. The van der Waals surface area contributed by atoms with Gasteiger partial charge in [0, 0.05) is 0 Å². The van der Waals surface area contributed by atoms with Crippen molar-refractivity contribution in [1.82, 2.24) is 0 Å². The molecular weight excluding hydrogens is 186 g/mol. The Kier molecular flexibility index (Phi) is 27.1. The van der Waals surface area contributed by atoms with Gasteiger partial charge in [0.2, 0.25) is 0 Å². The van der Waals surface area contributed by atoms with Crippen LogP contribution in [0.15, 0.2) is 0 Å². The van der Waals surface area contributed by atoms with Gasteiger partial charge in [0.05, 0.1) is 0 Å². The Morgan fingerprint density at radius 1 is 1.12 bits per heavy atom. The summed E-state index contributed by atoms with van der Waals surface area (Å²) in [6.07, 6.45) is 0. The standard InChI is InChI=1S/Al.Ca.Na.H2O4S.6H/c;;;1-5(2,3)4;;;;;;/h;;;(H2,1,2,3,4);;;;;;. The van der Waals surface area contributed by atoms with Crippen LogP contribution in [0.25, 0.3) is 0 Å². The predicted octanol–water partition coefficient (Wildman–Crippen LogP) is -3.40. The molecule has 8 heteroatoms. The molecule has 0 unspecified atom stereocenters. The number of rotatable bonds is 0. The van der Waals surface area contributed by atoms with Crippen molar-refractivity contribution in [1.29, 1.82) is 0 Å². The van der Waals surface area contributed by atoms with Gasteiger partial charge in [-0.2, -0.15) is 8.42 Å². The van der Waals surface area contributed by atoms with E-state index in [0.29, 0.717) is 0 Å². The first-order valence-electron chi connectivity index (χ1n) is 0.698. The topological polar surface area (TPSA) is 74.6 Å². The molecular formula is H8AlCaNaO4S. The van der Waals surface area contributed by atoms with E-state index < -0.39 is 10.4 Å². The van der Waals surface area contributed by atoms with Crippen LogP contribution in [-0.4, -0.2) is 102 Å². The SMILES string of the molecule is O=S(=O)(O)O.[AlH3].[CaH2].[NaH]. The van der Waals surface area contributed by atoms with Crippen molar-refractivity contribution >= 4 is 95.1 Å². The minimum atomic E-state index is -4.67. The molecule has 8 heavy (non-hydrogen) atoms. The van der Waals surface area contributed by atoms with Crippen LogP contribution in [0.5, 0.6) is 0 Å². The average Bonchev–Trinajstić information content (AvgIpc) is 0.722. The first kappa shape index (κ1) is 22.4. The number of hydrogen-bond acceptors (Lipinski definition) is 2. The van der Waals surface area contributed by atoms with E-state index in [0.717, 1.165) is 0 Å². The van der Waals surface area contributed by atoms with Crippen LogP contribution in [0.2, 0.25) is 0 Å². The van der Waals surface area contributed by atoms with Gasteiger partial charge in [0.1, 0.15) is 0 Å². The van der Waals surface area contributed by atoms with E-state index in [2.05, 4.69) is 0 Å². The monoisotopic (exact) mass is 194 g/mol. The molecule has 44 valence electrons. The zero-order valence-corrected chi connectivity index (χ0v) is 2.94. The Labute approximate surface area is 110 Å². The third kappa shape index (κ3) is 71.8. The van der Waals surface area contributed by atoms with Crippen LogP contribution in [0, 0.1) is 0 Å².